The van der Waals surface area contributed by atoms with Crippen LogP contribution >= 0.6 is 0 Å². The summed E-state index contributed by atoms with van der Waals surface area (Å²) in [5.41, 5.74) is 5.02. The molecule has 0 atom stereocenters. The number of hydrogen-bond acceptors (Lipinski definition) is 6. The van der Waals surface area contributed by atoms with E-state index < -0.39 is 11.4 Å². The number of halogens is 1. The normalized spacial score (nSPS) is 20.7. The second-order valence-corrected chi connectivity index (χ2v) is 12.0. The van der Waals surface area contributed by atoms with Crippen LogP contribution in [0.1, 0.15) is 74.3 Å². The molecule has 0 radical (unpaired) electrons. The maximum absolute atomic E-state index is 13.4. The Morgan fingerprint density at radius 2 is 1.73 bits per heavy atom. The van der Waals surface area contributed by atoms with Crippen LogP contribution in [0.4, 0.5) is 10.3 Å². The lowest BCUT2D eigenvalue weighted by atomic mass is 9.83. The zero-order valence-corrected chi connectivity index (χ0v) is 24.0. The summed E-state index contributed by atoms with van der Waals surface area (Å²) in [5, 5.41) is 13.4. The van der Waals surface area contributed by atoms with Crippen LogP contribution in [0.3, 0.4) is 0 Å². The Balaban J connectivity index is 1.40. The molecule has 2 amide bonds. The number of anilines is 1. The van der Waals surface area contributed by atoms with Crippen molar-refractivity contribution in [1.29, 1.82) is 0 Å². The van der Waals surface area contributed by atoms with Gasteiger partial charge in [-0.15, -0.1) is 0 Å². The average molecular weight is 566 g/mol. The van der Waals surface area contributed by atoms with E-state index in [1.165, 1.54) is 31.4 Å². The molecule has 2 aromatic carbocycles. The van der Waals surface area contributed by atoms with E-state index in [2.05, 4.69) is 32.4 Å². The maximum Gasteiger partial charge on any atom is 0.257 e. The zero-order chi connectivity index (χ0) is 29.1. The van der Waals surface area contributed by atoms with Gasteiger partial charge in [0.15, 0.2) is 0 Å². The third kappa shape index (κ3) is 6.77. The highest BCUT2D eigenvalue weighted by molar-refractivity contribution is 6.04. The number of aromatic nitrogens is 2. The van der Waals surface area contributed by atoms with E-state index in [1.807, 2.05) is 19.9 Å². The number of hydroxylamine groups is 1. The number of piperidine rings is 1. The van der Waals surface area contributed by atoms with Crippen LogP contribution < -0.4 is 10.8 Å². The van der Waals surface area contributed by atoms with Gasteiger partial charge in [0.25, 0.3) is 5.91 Å². The minimum atomic E-state index is -0.657. The van der Waals surface area contributed by atoms with Gasteiger partial charge in [0.1, 0.15) is 5.82 Å². The zero-order valence-electron chi connectivity index (χ0n) is 24.0. The average Bonchev–Trinajstić information content (AvgIpc) is 3.30. The number of nitrogens with one attached hydrogen (secondary N) is 2. The number of nitrogens with zero attached hydrogens (tertiary/aromatic N) is 3. The summed E-state index contributed by atoms with van der Waals surface area (Å²) >= 11 is 0. The first-order chi connectivity index (χ1) is 19.6. The lowest BCUT2D eigenvalue weighted by Crippen LogP contribution is -2.41. The standard InChI is InChI=1S/C31H40FN5O4/c1-31(2,40)23-14-16-36(17-15-23)19-20-4-13-26-27(18-20)37(25-11-7-22(8-12-25)29(39)35-41-3)30(33-26)34-28(38)21-5-9-24(32)10-6-21/h4-6,9-10,13,18,22-23,25,40H,7-8,11-12,14-17,19H2,1-3H3,(H,35,39)(H,33,34,38). The highest BCUT2D eigenvalue weighted by atomic mass is 19.1. The minimum absolute atomic E-state index is 0.0490. The van der Waals surface area contributed by atoms with Crippen molar-refractivity contribution < 1.29 is 23.9 Å². The Morgan fingerprint density at radius 3 is 2.37 bits per heavy atom. The van der Waals surface area contributed by atoms with E-state index in [-0.39, 0.29) is 23.8 Å². The van der Waals surface area contributed by atoms with Gasteiger partial charge in [-0.1, -0.05) is 6.07 Å². The molecule has 5 rings (SSSR count). The number of rotatable bonds is 8. The molecule has 9 nitrogen and oxygen atoms in total. The fourth-order valence-electron chi connectivity index (χ4n) is 6.31. The van der Waals surface area contributed by atoms with Crippen LogP contribution in [0.5, 0.6) is 0 Å². The number of amides is 2. The number of carbonyl (C=O) groups is 2. The number of hydrogen-bond donors (Lipinski definition) is 3. The fourth-order valence-corrected chi connectivity index (χ4v) is 6.31. The molecule has 2 fully saturated rings. The lowest BCUT2D eigenvalue weighted by Gasteiger charge is -2.37. The van der Waals surface area contributed by atoms with Crippen LogP contribution in [0.2, 0.25) is 0 Å². The van der Waals surface area contributed by atoms with Crippen molar-refractivity contribution in [2.24, 2.45) is 11.8 Å². The molecule has 0 spiro atoms. The van der Waals surface area contributed by atoms with E-state index in [1.54, 1.807) is 0 Å². The summed E-state index contributed by atoms with van der Waals surface area (Å²) in [4.78, 5) is 37.5. The predicted molar refractivity (Wildman–Crippen MR) is 155 cm³/mol. The molecule has 220 valence electrons. The van der Waals surface area contributed by atoms with E-state index in [9.17, 15) is 19.1 Å². The van der Waals surface area contributed by atoms with Crippen LogP contribution in [-0.4, -0.2) is 57.2 Å². The molecule has 3 N–H and O–H groups in total. The lowest BCUT2D eigenvalue weighted by molar-refractivity contribution is -0.136. The number of fused-ring (bicyclic) bond motifs is 1. The Labute approximate surface area is 240 Å². The third-order valence-electron chi connectivity index (χ3n) is 8.71. The molecule has 0 bridgehead atoms. The molecule has 1 saturated heterocycles. The molecule has 2 aliphatic rings. The van der Waals surface area contributed by atoms with Gasteiger partial charge < -0.3 is 9.67 Å². The number of aliphatic hydroxyl groups is 1. The Morgan fingerprint density at radius 1 is 1.05 bits per heavy atom. The molecule has 10 heteroatoms. The predicted octanol–water partition coefficient (Wildman–Crippen LogP) is 4.82. The molecule has 41 heavy (non-hydrogen) atoms. The largest absolute Gasteiger partial charge is 0.390 e. The second kappa shape index (κ2) is 12.3. The van der Waals surface area contributed by atoms with Crippen LogP contribution in [-0.2, 0) is 16.2 Å². The summed E-state index contributed by atoms with van der Waals surface area (Å²) in [5.74, 6) is -0.245. The molecular formula is C31H40FN5O4. The van der Waals surface area contributed by atoms with E-state index in [4.69, 9.17) is 9.82 Å². The SMILES string of the molecule is CONC(=O)C1CCC(n2c(NC(=O)c3ccc(F)cc3)nc3ccc(CN4CCC(C(C)(C)O)CC4)cc32)CC1. The van der Waals surface area contributed by atoms with Crippen molar-refractivity contribution in [1.82, 2.24) is 19.9 Å². The highest BCUT2D eigenvalue weighted by Gasteiger charge is 2.32. The summed E-state index contributed by atoms with van der Waals surface area (Å²) in [7, 11) is 1.43. The second-order valence-electron chi connectivity index (χ2n) is 12.0. The first-order valence-electron chi connectivity index (χ1n) is 14.5. The highest BCUT2D eigenvalue weighted by Crippen LogP contribution is 2.37. The van der Waals surface area contributed by atoms with Crippen LogP contribution in [0, 0.1) is 17.7 Å². The van der Waals surface area contributed by atoms with E-state index in [0.29, 0.717) is 30.3 Å². The Bertz CT molecular complexity index is 1370. The van der Waals surface area contributed by atoms with Crippen molar-refractivity contribution in [2.45, 2.75) is 70.6 Å². The monoisotopic (exact) mass is 565 g/mol. The van der Waals surface area contributed by atoms with Crippen molar-refractivity contribution in [3.8, 4) is 0 Å². The first-order valence-corrected chi connectivity index (χ1v) is 14.5. The van der Waals surface area contributed by atoms with Gasteiger partial charge in [0.2, 0.25) is 11.9 Å². The van der Waals surface area contributed by atoms with E-state index >= 15 is 0 Å². The summed E-state index contributed by atoms with van der Waals surface area (Å²) in [6, 6.07) is 11.7. The number of carbonyl (C=O) groups excluding carboxylic acids is 2. The number of likely N-dealkylation sites (tertiary alicyclic amines) is 1. The Kier molecular flexibility index (Phi) is 8.72. The van der Waals surface area contributed by atoms with Gasteiger partial charge in [-0.05, 0) is 113 Å². The van der Waals surface area contributed by atoms with Crippen LogP contribution in [0.15, 0.2) is 42.5 Å². The van der Waals surface area contributed by atoms with Crippen molar-refractivity contribution >= 4 is 28.8 Å². The summed E-state index contributed by atoms with van der Waals surface area (Å²) < 4.78 is 15.5. The molecule has 2 heterocycles. The number of benzene rings is 2. The third-order valence-corrected chi connectivity index (χ3v) is 8.71. The number of imidazole rings is 1. The molecule has 1 aliphatic heterocycles. The summed E-state index contributed by atoms with van der Waals surface area (Å²) in [6.07, 6.45) is 4.82. The Hall–Kier alpha value is -3.34. The van der Waals surface area contributed by atoms with Gasteiger partial charge in [-0.2, -0.15) is 0 Å². The smallest absolute Gasteiger partial charge is 0.257 e. The van der Waals surface area contributed by atoms with Crippen molar-refractivity contribution in [2.75, 3.05) is 25.5 Å². The van der Waals surface area contributed by atoms with Crippen molar-refractivity contribution in [3.63, 3.8) is 0 Å². The minimum Gasteiger partial charge on any atom is -0.390 e. The topological polar surface area (TPSA) is 109 Å². The fraction of sp³-hybridized carbons (Fsp3) is 0.516. The van der Waals surface area contributed by atoms with Gasteiger partial charge >= 0.3 is 0 Å². The molecule has 0 unspecified atom stereocenters. The van der Waals surface area contributed by atoms with Gasteiger partial charge in [0, 0.05) is 24.1 Å². The maximum atomic E-state index is 13.4. The molecule has 1 aliphatic carbocycles. The quantitative estimate of drug-likeness (QED) is 0.338. The first kappa shape index (κ1) is 29.2. The molecule has 1 aromatic heterocycles. The molecule has 1 saturated carbocycles. The van der Waals surface area contributed by atoms with Gasteiger partial charge in [-0.3, -0.25) is 24.6 Å². The van der Waals surface area contributed by atoms with Gasteiger partial charge in [0.05, 0.1) is 23.7 Å². The summed E-state index contributed by atoms with van der Waals surface area (Å²) in [6.45, 7) is 6.44. The van der Waals surface area contributed by atoms with Crippen molar-refractivity contribution in [3.05, 3.63) is 59.4 Å². The molecular weight excluding hydrogens is 525 g/mol. The van der Waals surface area contributed by atoms with Gasteiger partial charge in [-0.25, -0.2) is 14.9 Å². The van der Waals surface area contributed by atoms with E-state index in [0.717, 1.165) is 61.9 Å². The van der Waals surface area contributed by atoms with Crippen LogP contribution in [0.25, 0.3) is 11.0 Å². The molecule has 3 aromatic rings.